The van der Waals surface area contributed by atoms with Crippen molar-refractivity contribution in [1.29, 1.82) is 0 Å². The molecule has 0 aromatic carbocycles. The number of carboxylic acid groups (broad SMARTS) is 1. The molecule has 7 nitrogen and oxygen atoms in total. The second kappa shape index (κ2) is 7.17. The smallest absolute Gasteiger partial charge is 0.328 e. The molecule has 0 saturated carbocycles. The third kappa shape index (κ3) is 4.15. The lowest BCUT2D eigenvalue weighted by molar-refractivity contribution is -0.140. The monoisotopic (exact) mass is 260 g/mol. The predicted molar refractivity (Wildman–Crippen MR) is 63.2 cm³/mol. The summed E-state index contributed by atoms with van der Waals surface area (Å²) in [6, 6.07) is -1.70. The summed E-state index contributed by atoms with van der Waals surface area (Å²) in [5, 5.41) is 19.9. The van der Waals surface area contributed by atoms with E-state index in [1.807, 2.05) is 0 Å². The molecule has 0 radical (unpaired) electrons. The zero-order valence-corrected chi connectivity index (χ0v) is 10.5. The molecule has 2 atom stereocenters. The molecule has 104 valence electrons. The predicted octanol–water partition coefficient (Wildman–Crippen LogP) is -0.500. The average Bonchev–Trinajstić information content (AvgIpc) is 2.36. The molecule has 1 heterocycles. The molecule has 7 heteroatoms. The van der Waals surface area contributed by atoms with Gasteiger partial charge in [0.1, 0.15) is 0 Å². The lowest BCUT2D eigenvalue weighted by Gasteiger charge is -2.33. The van der Waals surface area contributed by atoms with Crippen LogP contribution in [0.2, 0.25) is 0 Å². The van der Waals surface area contributed by atoms with E-state index in [1.54, 1.807) is 12.0 Å². The van der Waals surface area contributed by atoms with Crippen LogP contribution < -0.4 is 5.32 Å². The number of aliphatic hydroxyl groups excluding tert-OH is 1. The Labute approximate surface area is 106 Å². The molecule has 1 aliphatic heterocycles. The number of hydrogen-bond donors (Lipinski definition) is 3. The Morgan fingerprint density at radius 2 is 2.28 bits per heavy atom. The number of ether oxygens (including phenoxy) is 1. The summed E-state index contributed by atoms with van der Waals surface area (Å²) in [5.41, 5.74) is 0. The normalized spacial score (nSPS) is 21.4. The fourth-order valence-electron chi connectivity index (χ4n) is 2.05. The highest BCUT2D eigenvalue weighted by molar-refractivity contribution is 5.82. The number of piperidine rings is 1. The van der Waals surface area contributed by atoms with Crippen molar-refractivity contribution in [1.82, 2.24) is 10.2 Å². The Bertz CT molecular complexity index is 295. The SMILES string of the molecule is COCC1CCCN(C(=O)N[C@@H](CO)C(=O)O)C1. The minimum atomic E-state index is -1.25. The number of carboxylic acids is 1. The topological polar surface area (TPSA) is 99.1 Å². The van der Waals surface area contributed by atoms with Crippen molar-refractivity contribution < 1.29 is 24.5 Å². The van der Waals surface area contributed by atoms with Crippen LogP contribution >= 0.6 is 0 Å². The van der Waals surface area contributed by atoms with Crippen LogP contribution in [-0.2, 0) is 9.53 Å². The second-order valence-electron chi connectivity index (χ2n) is 4.43. The number of aliphatic carboxylic acids is 1. The highest BCUT2D eigenvalue weighted by atomic mass is 16.5. The maximum atomic E-state index is 11.8. The maximum absolute atomic E-state index is 11.8. The van der Waals surface area contributed by atoms with Gasteiger partial charge in [0.15, 0.2) is 6.04 Å². The van der Waals surface area contributed by atoms with Gasteiger partial charge in [0.2, 0.25) is 0 Å². The van der Waals surface area contributed by atoms with E-state index in [9.17, 15) is 9.59 Å². The van der Waals surface area contributed by atoms with Crippen molar-refractivity contribution in [2.45, 2.75) is 18.9 Å². The largest absolute Gasteiger partial charge is 0.480 e. The van der Waals surface area contributed by atoms with Gasteiger partial charge in [-0.15, -0.1) is 0 Å². The number of nitrogens with zero attached hydrogens (tertiary/aromatic N) is 1. The van der Waals surface area contributed by atoms with E-state index >= 15 is 0 Å². The van der Waals surface area contributed by atoms with Crippen LogP contribution in [0, 0.1) is 5.92 Å². The van der Waals surface area contributed by atoms with Gasteiger partial charge in [-0.1, -0.05) is 0 Å². The minimum absolute atomic E-state index is 0.284. The van der Waals surface area contributed by atoms with Crippen molar-refractivity contribution >= 4 is 12.0 Å². The summed E-state index contributed by atoms with van der Waals surface area (Å²) in [6.45, 7) is 1.13. The van der Waals surface area contributed by atoms with Gasteiger partial charge in [-0.2, -0.15) is 0 Å². The first kappa shape index (κ1) is 14.7. The highest BCUT2D eigenvalue weighted by Crippen LogP contribution is 2.16. The Kier molecular flexibility index (Phi) is 5.87. The molecular formula is C11H20N2O5. The van der Waals surface area contributed by atoms with Gasteiger partial charge in [-0.3, -0.25) is 0 Å². The standard InChI is InChI=1S/C11H20N2O5/c1-18-7-8-3-2-4-13(5-8)11(17)12-9(6-14)10(15)16/h8-9,14H,2-7H2,1H3,(H,12,17)(H,15,16)/t8?,9-/m0/s1. The van der Waals surface area contributed by atoms with Crippen molar-refractivity contribution in [3.05, 3.63) is 0 Å². The summed E-state index contributed by atoms with van der Waals surface area (Å²) >= 11 is 0. The van der Waals surface area contributed by atoms with E-state index in [4.69, 9.17) is 14.9 Å². The van der Waals surface area contributed by atoms with Gasteiger partial charge in [-0.25, -0.2) is 9.59 Å². The molecule has 0 spiro atoms. The van der Waals surface area contributed by atoms with E-state index in [-0.39, 0.29) is 5.92 Å². The highest BCUT2D eigenvalue weighted by Gasteiger charge is 2.26. The summed E-state index contributed by atoms with van der Waals surface area (Å²) < 4.78 is 5.06. The van der Waals surface area contributed by atoms with Gasteiger partial charge >= 0.3 is 12.0 Å². The van der Waals surface area contributed by atoms with Crippen molar-refractivity contribution in [3.63, 3.8) is 0 Å². The Hall–Kier alpha value is -1.34. The molecule has 3 N–H and O–H groups in total. The summed E-state index contributed by atoms with van der Waals surface area (Å²) in [6.07, 6.45) is 1.87. The first-order chi connectivity index (χ1) is 8.58. The third-order valence-corrected chi connectivity index (χ3v) is 2.99. The quantitative estimate of drug-likeness (QED) is 0.619. The number of urea groups is 1. The van der Waals surface area contributed by atoms with E-state index in [0.717, 1.165) is 12.8 Å². The number of aliphatic hydroxyl groups is 1. The second-order valence-corrected chi connectivity index (χ2v) is 4.43. The van der Waals surface area contributed by atoms with Crippen LogP contribution in [0.3, 0.4) is 0 Å². The average molecular weight is 260 g/mol. The fraction of sp³-hybridized carbons (Fsp3) is 0.818. The molecule has 1 saturated heterocycles. The molecule has 18 heavy (non-hydrogen) atoms. The van der Waals surface area contributed by atoms with Crippen molar-refractivity contribution in [2.75, 3.05) is 33.4 Å². The van der Waals surface area contributed by atoms with E-state index < -0.39 is 24.6 Å². The summed E-state index contributed by atoms with van der Waals surface area (Å²) in [7, 11) is 1.62. The van der Waals surface area contributed by atoms with E-state index in [1.165, 1.54) is 0 Å². The number of carbonyl (C=O) groups excluding carboxylic acids is 1. The van der Waals surface area contributed by atoms with Gasteiger partial charge in [-0.05, 0) is 12.8 Å². The molecule has 1 fully saturated rings. The minimum Gasteiger partial charge on any atom is -0.480 e. The summed E-state index contributed by atoms with van der Waals surface area (Å²) in [4.78, 5) is 24.1. The molecule has 1 unspecified atom stereocenters. The number of carbonyl (C=O) groups is 2. The Balaban J connectivity index is 2.47. The van der Waals surface area contributed by atoms with Crippen molar-refractivity contribution in [3.8, 4) is 0 Å². The third-order valence-electron chi connectivity index (χ3n) is 2.99. The first-order valence-electron chi connectivity index (χ1n) is 5.96. The summed E-state index contributed by atoms with van der Waals surface area (Å²) in [5.74, 6) is -0.955. The van der Waals surface area contributed by atoms with Crippen LogP contribution in [0.4, 0.5) is 4.79 Å². The molecule has 1 rings (SSSR count). The Morgan fingerprint density at radius 1 is 1.56 bits per heavy atom. The number of likely N-dealkylation sites (tertiary alicyclic amines) is 1. The first-order valence-corrected chi connectivity index (χ1v) is 5.96. The molecule has 0 aromatic heterocycles. The van der Waals surface area contributed by atoms with Gasteiger partial charge < -0.3 is 25.2 Å². The molecule has 0 aliphatic carbocycles. The lowest BCUT2D eigenvalue weighted by atomic mass is 9.99. The zero-order valence-electron chi connectivity index (χ0n) is 10.5. The van der Waals surface area contributed by atoms with E-state index in [0.29, 0.717) is 19.7 Å². The zero-order chi connectivity index (χ0) is 13.5. The number of hydrogen-bond acceptors (Lipinski definition) is 4. The Morgan fingerprint density at radius 3 is 2.83 bits per heavy atom. The van der Waals surface area contributed by atoms with Crippen LogP contribution in [0.15, 0.2) is 0 Å². The fourth-order valence-corrected chi connectivity index (χ4v) is 2.05. The number of nitrogens with one attached hydrogen (secondary N) is 1. The van der Waals surface area contributed by atoms with Crippen molar-refractivity contribution in [2.24, 2.45) is 5.92 Å². The van der Waals surface area contributed by atoms with Crippen LogP contribution in [-0.4, -0.2) is 66.6 Å². The van der Waals surface area contributed by atoms with Crippen LogP contribution in [0.25, 0.3) is 0 Å². The van der Waals surface area contributed by atoms with E-state index in [2.05, 4.69) is 5.32 Å². The van der Waals surface area contributed by atoms with Gasteiger partial charge in [0, 0.05) is 26.1 Å². The molecule has 0 bridgehead atoms. The molecule has 1 aliphatic rings. The molecule has 2 amide bonds. The van der Waals surface area contributed by atoms with Crippen LogP contribution in [0.1, 0.15) is 12.8 Å². The number of amides is 2. The lowest BCUT2D eigenvalue weighted by Crippen LogP contribution is -2.52. The molecule has 0 aromatic rings. The van der Waals surface area contributed by atoms with Gasteiger partial charge in [0.05, 0.1) is 13.2 Å². The molecular weight excluding hydrogens is 240 g/mol. The number of methoxy groups -OCH3 is 1. The van der Waals surface area contributed by atoms with Crippen LogP contribution in [0.5, 0.6) is 0 Å². The van der Waals surface area contributed by atoms with Gasteiger partial charge in [0.25, 0.3) is 0 Å². The maximum Gasteiger partial charge on any atom is 0.328 e. The number of rotatable bonds is 5.